The summed E-state index contributed by atoms with van der Waals surface area (Å²) in [6.07, 6.45) is 5.05. The van der Waals surface area contributed by atoms with E-state index in [4.69, 9.17) is 33.2 Å². The lowest BCUT2D eigenvalue weighted by Crippen LogP contribution is -2.27. The van der Waals surface area contributed by atoms with Gasteiger partial charge in [0, 0.05) is 55.2 Å². The maximum atomic E-state index is 13.4. The first-order chi connectivity index (χ1) is 39.5. The Hall–Kier alpha value is -8.47. The molecule has 11 N–H and O–H groups in total. The molecule has 2 amide bonds. The van der Waals surface area contributed by atoms with Crippen molar-refractivity contribution in [2.75, 3.05) is 64.1 Å². The van der Waals surface area contributed by atoms with Gasteiger partial charge in [-0.3, -0.25) is 9.59 Å². The number of aromatic nitrogens is 4. The SMILES string of the molecule is COc1ccccc1C(NCC1CC1)c1cccc(NC(=O)c2cc(C)nn2-c2cccc(CN)c2)c1.NCCNCCN.[C-]#[N+]c1cccc(-n2nc(C)cc2C(=O)Nc2cccc(C(NCC3CC3)c3ccccc3OC)c2)c1. The van der Waals surface area contributed by atoms with E-state index in [9.17, 15) is 9.59 Å². The van der Waals surface area contributed by atoms with Crippen LogP contribution in [0.4, 0.5) is 17.1 Å². The van der Waals surface area contributed by atoms with Gasteiger partial charge in [0.05, 0.1) is 55.6 Å². The molecule has 2 aliphatic rings. The highest BCUT2D eigenvalue weighted by molar-refractivity contribution is 6.04. The number of hydrogen-bond acceptors (Lipinski definition) is 12. The third kappa shape index (κ3) is 16.3. The average molecular weight is 1090 g/mol. The van der Waals surface area contributed by atoms with Crippen molar-refractivity contribution in [3.8, 4) is 22.9 Å². The second kappa shape index (κ2) is 29.1. The third-order valence-corrected chi connectivity index (χ3v) is 13.8. The molecular formula is C64H75N13O4. The van der Waals surface area contributed by atoms with Gasteiger partial charge >= 0.3 is 0 Å². The summed E-state index contributed by atoms with van der Waals surface area (Å²) in [6, 6.07) is 50.2. The molecule has 0 spiro atoms. The van der Waals surface area contributed by atoms with E-state index in [2.05, 4.69) is 65.9 Å². The standard InChI is InChI=1S/C30H29N5O2.C30H33N5O2.C4H13N3/c1-20-16-27(35(34-20)25-11-7-9-23(18-25)31-2)30(36)33-24-10-6-8-22(17-24)29(32-19-21-14-15-21)26-12-4-5-13-28(26)37-3;1-20-15-27(35(34-20)25-10-5-7-22(16-25)18-31)30(36)33-24-9-6-8-23(17-24)29(32-19-21-13-14-21)26-11-3-4-12-28(26)37-2;5-1-3-7-4-2-6/h4-13,16-18,21,29,32H,14-15,19H2,1,3H3,(H,33,36);3-12,15-17,21,29,32H,13-14,18-19,31H2,1-2H3,(H,33,36);7H,1-6H2. The number of carbonyl (C=O) groups is 2. The first-order valence-corrected chi connectivity index (χ1v) is 27.6. The highest BCUT2D eigenvalue weighted by atomic mass is 16.5. The topological polar surface area (TPSA) is 231 Å². The number of anilines is 2. The molecule has 6 aromatic carbocycles. The molecule has 2 aliphatic carbocycles. The number of carbonyl (C=O) groups excluding carboxylic acids is 2. The number of aryl methyl sites for hydroxylation is 2. The Morgan fingerprint density at radius 1 is 0.593 bits per heavy atom. The molecule has 8 aromatic rings. The minimum absolute atomic E-state index is 0.0552. The molecule has 81 heavy (non-hydrogen) atoms. The minimum atomic E-state index is -0.272. The van der Waals surface area contributed by atoms with Gasteiger partial charge in [0.2, 0.25) is 0 Å². The predicted octanol–water partition coefficient (Wildman–Crippen LogP) is 9.56. The molecule has 0 aliphatic heterocycles. The van der Waals surface area contributed by atoms with Gasteiger partial charge in [-0.05, 0) is 154 Å². The van der Waals surface area contributed by atoms with Crippen molar-refractivity contribution in [2.45, 2.75) is 58.2 Å². The summed E-state index contributed by atoms with van der Waals surface area (Å²) in [5, 5.41) is 25.7. The second-order valence-electron chi connectivity index (χ2n) is 20.2. The van der Waals surface area contributed by atoms with Crippen LogP contribution in [0.1, 0.15) is 97.9 Å². The molecule has 17 heteroatoms. The molecule has 17 nitrogen and oxygen atoms in total. The Morgan fingerprint density at radius 2 is 1.05 bits per heavy atom. The maximum Gasteiger partial charge on any atom is 0.274 e. The number of nitrogens with two attached hydrogens (primary N) is 3. The normalized spacial score (nSPS) is 13.3. The van der Waals surface area contributed by atoms with Crippen molar-refractivity contribution in [1.82, 2.24) is 35.5 Å². The van der Waals surface area contributed by atoms with Gasteiger partial charge in [-0.2, -0.15) is 10.2 Å². The Kier molecular flexibility index (Phi) is 21.1. The van der Waals surface area contributed by atoms with Gasteiger partial charge in [-0.25, -0.2) is 14.2 Å². The van der Waals surface area contributed by atoms with Crippen molar-refractivity contribution >= 4 is 28.9 Å². The summed E-state index contributed by atoms with van der Waals surface area (Å²) in [5.74, 6) is 2.60. The number of para-hydroxylation sites is 2. The van der Waals surface area contributed by atoms with Crippen LogP contribution in [0.3, 0.4) is 0 Å². The number of methoxy groups -OCH3 is 2. The molecule has 0 saturated heterocycles. The fraction of sp³-hybridized carbons (Fsp3) is 0.297. The monoisotopic (exact) mass is 1090 g/mol. The van der Waals surface area contributed by atoms with Gasteiger partial charge in [-0.1, -0.05) is 84.9 Å². The van der Waals surface area contributed by atoms with Crippen LogP contribution in [-0.4, -0.2) is 84.9 Å². The zero-order valence-corrected chi connectivity index (χ0v) is 46.7. The zero-order chi connectivity index (χ0) is 57.1. The second-order valence-corrected chi connectivity index (χ2v) is 20.2. The Morgan fingerprint density at radius 3 is 1.49 bits per heavy atom. The van der Waals surface area contributed by atoms with Crippen LogP contribution in [0.5, 0.6) is 11.5 Å². The maximum absolute atomic E-state index is 13.4. The van der Waals surface area contributed by atoms with Crippen LogP contribution in [0.2, 0.25) is 0 Å². The van der Waals surface area contributed by atoms with E-state index in [-0.39, 0.29) is 23.9 Å². The van der Waals surface area contributed by atoms with Gasteiger partial charge in [-0.15, -0.1) is 0 Å². The summed E-state index contributed by atoms with van der Waals surface area (Å²) in [6.45, 7) is 16.4. The average Bonchev–Trinajstić information content (AvgIpc) is 4.45. The smallest absolute Gasteiger partial charge is 0.274 e. The van der Waals surface area contributed by atoms with Crippen LogP contribution in [-0.2, 0) is 6.54 Å². The van der Waals surface area contributed by atoms with E-state index in [0.717, 1.165) is 88.5 Å². The number of benzene rings is 6. The van der Waals surface area contributed by atoms with Gasteiger partial charge < -0.3 is 53.3 Å². The number of hydrogen-bond donors (Lipinski definition) is 8. The zero-order valence-electron chi connectivity index (χ0n) is 46.7. The van der Waals surface area contributed by atoms with Gasteiger partial charge in [0.1, 0.15) is 22.9 Å². The highest BCUT2D eigenvalue weighted by Gasteiger charge is 2.27. The van der Waals surface area contributed by atoms with Crippen molar-refractivity contribution < 1.29 is 19.1 Å². The third-order valence-electron chi connectivity index (χ3n) is 13.8. The molecule has 2 atom stereocenters. The number of ether oxygens (including phenoxy) is 2. The van der Waals surface area contributed by atoms with Crippen LogP contribution >= 0.6 is 0 Å². The molecule has 0 radical (unpaired) electrons. The first kappa shape index (κ1) is 58.7. The summed E-state index contributed by atoms with van der Waals surface area (Å²) >= 11 is 0. The number of nitrogens with one attached hydrogen (secondary N) is 5. The molecule has 0 bridgehead atoms. The first-order valence-electron chi connectivity index (χ1n) is 27.6. The molecule has 420 valence electrons. The number of rotatable bonds is 23. The van der Waals surface area contributed by atoms with E-state index in [0.29, 0.717) is 59.7 Å². The Balaban J connectivity index is 0.000000190. The molecule has 2 heterocycles. The lowest BCUT2D eigenvalue weighted by Gasteiger charge is -2.22. The Bertz CT molecular complexity index is 3390. The number of nitrogens with zero attached hydrogens (tertiary/aromatic N) is 5. The van der Waals surface area contributed by atoms with E-state index in [1.165, 1.54) is 25.7 Å². The van der Waals surface area contributed by atoms with Crippen LogP contribution in [0.15, 0.2) is 158 Å². The summed E-state index contributed by atoms with van der Waals surface area (Å²) in [5.41, 5.74) is 27.1. The number of amides is 2. The molecule has 2 saturated carbocycles. The summed E-state index contributed by atoms with van der Waals surface area (Å²) in [7, 11) is 3.38. The van der Waals surface area contributed by atoms with E-state index < -0.39 is 0 Å². The van der Waals surface area contributed by atoms with Crippen LogP contribution in [0.25, 0.3) is 16.2 Å². The lowest BCUT2D eigenvalue weighted by molar-refractivity contribution is 0.101. The molecule has 2 unspecified atom stereocenters. The lowest BCUT2D eigenvalue weighted by atomic mass is 9.97. The predicted molar refractivity (Wildman–Crippen MR) is 322 cm³/mol. The van der Waals surface area contributed by atoms with Crippen molar-refractivity contribution in [3.05, 3.63) is 220 Å². The molecule has 2 fully saturated rings. The fourth-order valence-electron chi connectivity index (χ4n) is 9.37. The molecule has 10 rings (SSSR count). The van der Waals surface area contributed by atoms with Crippen molar-refractivity contribution in [1.29, 1.82) is 0 Å². The largest absolute Gasteiger partial charge is 0.496 e. The van der Waals surface area contributed by atoms with Crippen molar-refractivity contribution in [3.63, 3.8) is 0 Å². The van der Waals surface area contributed by atoms with Gasteiger partial charge in [0.25, 0.3) is 11.8 Å². The summed E-state index contributed by atoms with van der Waals surface area (Å²) < 4.78 is 14.6. The molecular weight excluding hydrogens is 1010 g/mol. The van der Waals surface area contributed by atoms with Crippen LogP contribution < -0.4 is 53.3 Å². The van der Waals surface area contributed by atoms with Crippen LogP contribution in [0, 0.1) is 32.3 Å². The van der Waals surface area contributed by atoms with E-state index >= 15 is 0 Å². The quantitative estimate of drug-likeness (QED) is 0.0221. The molecule has 2 aromatic heterocycles. The van der Waals surface area contributed by atoms with E-state index in [1.807, 2.05) is 117 Å². The van der Waals surface area contributed by atoms with Crippen molar-refractivity contribution in [2.24, 2.45) is 29.0 Å². The Labute approximate surface area is 475 Å². The highest BCUT2D eigenvalue weighted by Crippen LogP contribution is 2.36. The van der Waals surface area contributed by atoms with E-state index in [1.54, 1.807) is 53.9 Å². The minimum Gasteiger partial charge on any atom is -0.496 e. The van der Waals surface area contributed by atoms with Gasteiger partial charge in [0.15, 0.2) is 5.69 Å². The fourth-order valence-corrected chi connectivity index (χ4v) is 9.37. The summed E-state index contributed by atoms with van der Waals surface area (Å²) in [4.78, 5) is 30.3.